The van der Waals surface area contributed by atoms with Crippen molar-refractivity contribution in [1.82, 2.24) is 4.98 Å². The molecule has 2 aromatic rings. The molecule has 1 heterocycles. The molecule has 2 N–H and O–H groups in total. The number of hydrogen-bond acceptors (Lipinski definition) is 5. The van der Waals surface area contributed by atoms with Crippen molar-refractivity contribution < 1.29 is 14.3 Å². The second-order valence-corrected chi connectivity index (χ2v) is 5.15. The maximum atomic E-state index is 11.6. The van der Waals surface area contributed by atoms with Crippen LogP contribution in [0.15, 0.2) is 42.6 Å². The first-order valence-electron chi connectivity index (χ1n) is 7.92. The number of aromatic nitrogens is 1. The Balaban J connectivity index is 1.96. The highest BCUT2D eigenvalue weighted by Gasteiger charge is 2.06. The number of anilines is 3. The van der Waals surface area contributed by atoms with Gasteiger partial charge in [-0.15, -0.1) is 0 Å². The quantitative estimate of drug-likeness (QED) is 0.757. The highest BCUT2D eigenvalue weighted by Crippen LogP contribution is 2.17. The second-order valence-electron chi connectivity index (χ2n) is 5.15. The molecule has 0 radical (unpaired) electrons. The van der Waals surface area contributed by atoms with E-state index < -0.39 is 0 Å². The van der Waals surface area contributed by atoms with E-state index in [0.717, 1.165) is 12.1 Å². The van der Waals surface area contributed by atoms with Crippen LogP contribution in [0, 0.1) is 0 Å². The topological polar surface area (TPSA) is 80.3 Å². The van der Waals surface area contributed by atoms with Crippen LogP contribution >= 0.6 is 0 Å². The minimum absolute atomic E-state index is 0.0189. The number of esters is 1. The molecule has 0 spiro atoms. The molecule has 2 rings (SSSR count). The summed E-state index contributed by atoms with van der Waals surface area (Å²) in [7, 11) is 0. The van der Waals surface area contributed by atoms with Gasteiger partial charge in [-0.05, 0) is 49.7 Å². The zero-order chi connectivity index (χ0) is 17.4. The summed E-state index contributed by atoms with van der Waals surface area (Å²) in [6.45, 7) is 4.08. The van der Waals surface area contributed by atoms with E-state index in [4.69, 9.17) is 4.74 Å². The van der Waals surface area contributed by atoms with E-state index in [1.54, 1.807) is 49.5 Å². The third-order valence-corrected chi connectivity index (χ3v) is 3.19. The average molecular weight is 327 g/mol. The lowest BCUT2D eigenvalue weighted by atomic mass is 10.2. The molecule has 6 nitrogen and oxygen atoms in total. The molecule has 0 aliphatic rings. The van der Waals surface area contributed by atoms with Crippen molar-refractivity contribution in [3.8, 4) is 0 Å². The number of benzene rings is 1. The molecule has 1 aromatic heterocycles. The van der Waals surface area contributed by atoms with E-state index in [-0.39, 0.29) is 11.9 Å². The fourth-order valence-electron chi connectivity index (χ4n) is 2.04. The first-order chi connectivity index (χ1) is 11.6. The smallest absolute Gasteiger partial charge is 0.338 e. The molecule has 24 heavy (non-hydrogen) atoms. The van der Waals surface area contributed by atoms with Crippen molar-refractivity contribution >= 4 is 29.1 Å². The Morgan fingerprint density at radius 2 is 1.75 bits per heavy atom. The van der Waals surface area contributed by atoms with Crippen molar-refractivity contribution in [3.05, 3.63) is 48.2 Å². The Bertz CT molecular complexity index is 682. The summed E-state index contributed by atoms with van der Waals surface area (Å²) in [5, 5.41) is 5.92. The summed E-state index contributed by atoms with van der Waals surface area (Å²) >= 11 is 0. The molecule has 0 saturated carbocycles. The van der Waals surface area contributed by atoms with Gasteiger partial charge in [0, 0.05) is 12.1 Å². The normalized spacial score (nSPS) is 10.1. The lowest BCUT2D eigenvalue weighted by Crippen LogP contribution is -2.10. The van der Waals surface area contributed by atoms with Gasteiger partial charge in [0.15, 0.2) is 0 Å². The van der Waals surface area contributed by atoms with Crippen LogP contribution in [0.5, 0.6) is 0 Å². The van der Waals surface area contributed by atoms with Gasteiger partial charge in [-0.2, -0.15) is 0 Å². The summed E-state index contributed by atoms with van der Waals surface area (Å²) in [5.74, 6) is 0.288. The summed E-state index contributed by atoms with van der Waals surface area (Å²) in [4.78, 5) is 27.4. The van der Waals surface area contributed by atoms with Gasteiger partial charge in [0.25, 0.3) is 0 Å². The minimum atomic E-state index is -0.339. The number of hydrogen-bond donors (Lipinski definition) is 2. The van der Waals surface area contributed by atoms with Crippen LogP contribution in [0.1, 0.15) is 37.0 Å². The molecule has 0 saturated heterocycles. The standard InChI is InChI=1S/C18H21N3O3/c1-3-5-17(22)21-15-10-11-16(19-12-15)20-14-8-6-13(7-9-14)18(23)24-4-2/h6-12H,3-5H2,1-2H3,(H,19,20)(H,21,22). The molecule has 0 fully saturated rings. The first kappa shape index (κ1) is 17.5. The highest BCUT2D eigenvalue weighted by atomic mass is 16.5. The van der Waals surface area contributed by atoms with Gasteiger partial charge in [-0.3, -0.25) is 4.79 Å². The molecular weight excluding hydrogens is 306 g/mol. The molecule has 1 aromatic carbocycles. The minimum Gasteiger partial charge on any atom is -0.462 e. The summed E-state index contributed by atoms with van der Waals surface area (Å²) in [5.41, 5.74) is 1.97. The lowest BCUT2D eigenvalue weighted by molar-refractivity contribution is -0.116. The van der Waals surface area contributed by atoms with Gasteiger partial charge in [0.1, 0.15) is 5.82 Å². The van der Waals surface area contributed by atoms with E-state index >= 15 is 0 Å². The fraction of sp³-hybridized carbons (Fsp3) is 0.278. The Labute approximate surface area is 141 Å². The van der Waals surface area contributed by atoms with Crippen LogP contribution in [-0.2, 0) is 9.53 Å². The Hall–Kier alpha value is -2.89. The van der Waals surface area contributed by atoms with E-state index in [2.05, 4.69) is 15.6 Å². The molecule has 1 amide bonds. The Kier molecular flexibility index (Phi) is 6.31. The number of rotatable bonds is 7. The van der Waals surface area contributed by atoms with Gasteiger partial charge in [-0.1, -0.05) is 6.92 Å². The maximum Gasteiger partial charge on any atom is 0.338 e. The van der Waals surface area contributed by atoms with Crippen LogP contribution < -0.4 is 10.6 Å². The molecular formula is C18H21N3O3. The number of carbonyl (C=O) groups is 2. The number of carbonyl (C=O) groups excluding carboxylic acids is 2. The van der Waals surface area contributed by atoms with Gasteiger partial charge in [0.2, 0.25) is 5.91 Å². The molecule has 0 bridgehead atoms. The molecule has 0 unspecified atom stereocenters. The molecule has 0 aliphatic heterocycles. The van der Waals surface area contributed by atoms with Crippen LogP contribution in [0.3, 0.4) is 0 Å². The summed E-state index contributed by atoms with van der Waals surface area (Å²) in [6, 6.07) is 10.5. The zero-order valence-electron chi connectivity index (χ0n) is 13.8. The molecule has 126 valence electrons. The molecule has 6 heteroatoms. The Morgan fingerprint density at radius 1 is 1.04 bits per heavy atom. The molecule has 0 atom stereocenters. The van der Waals surface area contributed by atoms with Crippen molar-refractivity contribution in [2.24, 2.45) is 0 Å². The van der Waals surface area contributed by atoms with Gasteiger partial charge in [0.05, 0.1) is 24.1 Å². The van der Waals surface area contributed by atoms with Crippen LogP contribution in [0.2, 0.25) is 0 Å². The number of ether oxygens (including phenoxy) is 1. The lowest BCUT2D eigenvalue weighted by Gasteiger charge is -2.08. The van der Waals surface area contributed by atoms with Crippen LogP contribution in [0.25, 0.3) is 0 Å². The predicted octanol–water partition coefficient (Wildman–Crippen LogP) is 3.74. The maximum absolute atomic E-state index is 11.6. The van der Waals surface area contributed by atoms with Crippen molar-refractivity contribution in [1.29, 1.82) is 0 Å². The monoisotopic (exact) mass is 327 g/mol. The van der Waals surface area contributed by atoms with Crippen molar-refractivity contribution in [2.75, 3.05) is 17.2 Å². The summed E-state index contributed by atoms with van der Waals surface area (Å²) in [6.07, 6.45) is 2.90. The second kappa shape index (κ2) is 8.67. The third-order valence-electron chi connectivity index (χ3n) is 3.19. The van der Waals surface area contributed by atoms with E-state index in [9.17, 15) is 9.59 Å². The van der Waals surface area contributed by atoms with Gasteiger partial charge in [-0.25, -0.2) is 9.78 Å². The van der Waals surface area contributed by atoms with Crippen LogP contribution in [0.4, 0.5) is 17.2 Å². The number of amides is 1. The largest absolute Gasteiger partial charge is 0.462 e. The number of nitrogens with one attached hydrogen (secondary N) is 2. The first-order valence-corrected chi connectivity index (χ1v) is 7.92. The fourth-order valence-corrected chi connectivity index (χ4v) is 2.04. The average Bonchev–Trinajstić information content (AvgIpc) is 2.58. The zero-order valence-corrected chi connectivity index (χ0v) is 13.8. The summed E-state index contributed by atoms with van der Waals surface area (Å²) < 4.78 is 4.94. The van der Waals surface area contributed by atoms with E-state index in [1.165, 1.54) is 0 Å². The van der Waals surface area contributed by atoms with Gasteiger partial charge < -0.3 is 15.4 Å². The van der Waals surface area contributed by atoms with Crippen molar-refractivity contribution in [3.63, 3.8) is 0 Å². The predicted molar refractivity (Wildman–Crippen MR) is 93.5 cm³/mol. The van der Waals surface area contributed by atoms with Crippen molar-refractivity contribution in [2.45, 2.75) is 26.7 Å². The Morgan fingerprint density at radius 3 is 2.33 bits per heavy atom. The third kappa shape index (κ3) is 5.08. The highest BCUT2D eigenvalue weighted by molar-refractivity contribution is 5.91. The SMILES string of the molecule is CCCC(=O)Nc1ccc(Nc2ccc(C(=O)OCC)cc2)nc1. The van der Waals surface area contributed by atoms with E-state index in [0.29, 0.717) is 30.1 Å². The van der Waals surface area contributed by atoms with E-state index in [1.807, 2.05) is 6.92 Å². The van der Waals surface area contributed by atoms with Crippen LogP contribution in [-0.4, -0.2) is 23.5 Å². The molecule has 0 aliphatic carbocycles. The number of nitrogens with zero attached hydrogens (tertiary/aromatic N) is 1. The number of pyridine rings is 1. The van der Waals surface area contributed by atoms with Gasteiger partial charge >= 0.3 is 5.97 Å².